The maximum atomic E-state index is 13.5. The van der Waals surface area contributed by atoms with Gasteiger partial charge in [-0.2, -0.15) is 0 Å². The Hall–Kier alpha value is -3.80. The van der Waals surface area contributed by atoms with Crippen LogP contribution >= 0.6 is 11.3 Å². The summed E-state index contributed by atoms with van der Waals surface area (Å²) in [6.45, 7) is 3.35. The number of piperidine rings is 1. The number of guanidine groups is 1. The quantitative estimate of drug-likeness (QED) is 0.197. The van der Waals surface area contributed by atoms with E-state index in [-0.39, 0.29) is 42.6 Å². The first-order valence-corrected chi connectivity index (χ1v) is 15.1. The number of likely N-dealkylation sites (tertiary alicyclic amines) is 1. The third-order valence-electron chi connectivity index (χ3n) is 7.71. The summed E-state index contributed by atoms with van der Waals surface area (Å²) in [5, 5.41) is 12.7. The Kier molecular flexibility index (Phi) is 10.4. The Labute approximate surface area is 244 Å². The highest BCUT2D eigenvalue weighted by Gasteiger charge is 2.40. The van der Waals surface area contributed by atoms with Crippen molar-refractivity contribution in [3.63, 3.8) is 0 Å². The number of nitrogens with two attached hydrogens (primary N) is 1. The van der Waals surface area contributed by atoms with Gasteiger partial charge >= 0.3 is 0 Å². The second-order valence-corrected chi connectivity index (χ2v) is 11.6. The van der Waals surface area contributed by atoms with Crippen LogP contribution in [0.4, 0.5) is 0 Å². The van der Waals surface area contributed by atoms with Crippen LogP contribution in [0.2, 0.25) is 0 Å². The van der Waals surface area contributed by atoms with Crippen molar-refractivity contribution in [2.24, 2.45) is 11.7 Å². The number of benzene rings is 1. The van der Waals surface area contributed by atoms with Gasteiger partial charge in [-0.1, -0.05) is 43.7 Å². The Morgan fingerprint density at radius 2 is 2.02 bits per heavy atom. The summed E-state index contributed by atoms with van der Waals surface area (Å²) in [7, 11) is 0. The Morgan fingerprint density at radius 3 is 2.71 bits per heavy atom. The average molecular weight is 582 g/mol. The molecule has 3 atom stereocenters. The fraction of sp³-hybridized carbons (Fsp3) is 0.517. The van der Waals surface area contributed by atoms with Crippen LogP contribution in [0.25, 0.3) is 0 Å². The molecule has 2 aromatic rings. The van der Waals surface area contributed by atoms with E-state index in [9.17, 15) is 19.2 Å². The highest BCUT2D eigenvalue weighted by Crippen LogP contribution is 2.23. The highest BCUT2D eigenvalue weighted by molar-refractivity contribution is 7.11. The van der Waals surface area contributed by atoms with Crippen LogP contribution < -0.4 is 11.1 Å². The fourth-order valence-corrected chi connectivity index (χ4v) is 6.18. The molecule has 11 nitrogen and oxygen atoms in total. The molecule has 2 saturated heterocycles. The van der Waals surface area contributed by atoms with E-state index in [2.05, 4.69) is 10.3 Å². The molecule has 12 heteroatoms. The van der Waals surface area contributed by atoms with E-state index in [1.54, 1.807) is 21.4 Å². The number of aromatic nitrogens is 1. The molecule has 0 spiro atoms. The Bertz CT molecular complexity index is 1220. The molecule has 220 valence electrons. The number of unbranched alkanes of at least 4 members (excludes halogenated alkanes) is 1. The monoisotopic (exact) mass is 581 g/mol. The van der Waals surface area contributed by atoms with Crippen LogP contribution in [-0.4, -0.2) is 94.0 Å². The topological polar surface area (TPSA) is 153 Å². The predicted octanol–water partition coefficient (Wildman–Crippen LogP) is 1.89. The molecule has 41 heavy (non-hydrogen) atoms. The zero-order valence-corrected chi connectivity index (χ0v) is 24.3. The van der Waals surface area contributed by atoms with Crippen molar-refractivity contribution >= 4 is 40.8 Å². The fourth-order valence-electron chi connectivity index (χ4n) is 5.55. The third-order valence-corrected chi connectivity index (χ3v) is 8.50. The molecule has 3 unspecified atom stereocenters. The van der Waals surface area contributed by atoms with Crippen molar-refractivity contribution in [1.82, 2.24) is 25.0 Å². The summed E-state index contributed by atoms with van der Waals surface area (Å²) < 4.78 is 0. The minimum atomic E-state index is -0.852. The Balaban J connectivity index is 1.50. The first kappa shape index (κ1) is 30.2. The predicted molar refractivity (Wildman–Crippen MR) is 156 cm³/mol. The zero-order valence-electron chi connectivity index (χ0n) is 23.5. The molecule has 2 aliphatic heterocycles. The van der Waals surface area contributed by atoms with Crippen molar-refractivity contribution in [2.75, 3.05) is 32.7 Å². The summed E-state index contributed by atoms with van der Waals surface area (Å²) in [6, 6.07) is 7.79. The van der Waals surface area contributed by atoms with Crippen molar-refractivity contribution in [3.8, 4) is 0 Å². The number of hydrogen-bond donors (Lipinski definition) is 3. The minimum Gasteiger partial charge on any atom is -0.370 e. The second-order valence-electron chi connectivity index (χ2n) is 10.7. The van der Waals surface area contributed by atoms with E-state index in [0.717, 1.165) is 31.2 Å². The molecular weight excluding hydrogens is 542 g/mol. The lowest BCUT2D eigenvalue weighted by atomic mass is 9.90. The van der Waals surface area contributed by atoms with Gasteiger partial charge < -0.3 is 25.8 Å². The number of hydrogen-bond acceptors (Lipinski definition) is 7. The number of thiazole rings is 1. The average Bonchev–Trinajstić information content (AvgIpc) is 3.51. The van der Waals surface area contributed by atoms with Gasteiger partial charge in [0.1, 0.15) is 12.6 Å². The molecule has 1 aromatic carbocycles. The van der Waals surface area contributed by atoms with E-state index >= 15 is 0 Å². The maximum absolute atomic E-state index is 13.5. The van der Waals surface area contributed by atoms with Gasteiger partial charge in [0, 0.05) is 37.6 Å². The SMILES string of the molecule is CCCCN1CC(=O)N(CC(=O)NC(CC2CCCN(C(=N)N)C2)C(=O)c2nccs2)C(Cc2ccccc2)C1=O. The molecule has 3 heterocycles. The van der Waals surface area contributed by atoms with Gasteiger partial charge in [0.25, 0.3) is 0 Å². The standard InChI is InChI=1S/C29H39N7O4S/c1-2-3-12-34-19-25(38)36(23(28(34)40)16-20-8-5-4-6-9-20)18-24(37)33-22(26(39)27-32-11-14-41-27)15-21-10-7-13-35(17-21)29(30)31/h4-6,8-9,11,14,21-23H,2-3,7,10,12-13,15-19H2,1H3,(H3,30,31)(H,33,37). The summed E-state index contributed by atoms with van der Waals surface area (Å²) in [4.78, 5) is 62.5. The molecule has 0 radical (unpaired) electrons. The van der Waals surface area contributed by atoms with E-state index < -0.39 is 18.0 Å². The molecular formula is C29H39N7O4S. The lowest BCUT2D eigenvalue weighted by Crippen LogP contribution is -2.62. The number of nitrogens with zero attached hydrogens (tertiary/aromatic N) is 4. The first-order chi connectivity index (χ1) is 19.8. The molecule has 0 bridgehead atoms. The van der Waals surface area contributed by atoms with Crippen LogP contribution in [0.5, 0.6) is 0 Å². The Morgan fingerprint density at radius 1 is 1.24 bits per heavy atom. The summed E-state index contributed by atoms with van der Waals surface area (Å²) in [6.07, 6.45) is 5.56. The van der Waals surface area contributed by atoms with Gasteiger partial charge in [-0.15, -0.1) is 11.3 Å². The normalized spacial score (nSPS) is 20.2. The summed E-state index contributed by atoms with van der Waals surface area (Å²) >= 11 is 1.21. The van der Waals surface area contributed by atoms with E-state index in [0.29, 0.717) is 37.5 Å². The molecule has 4 N–H and O–H groups in total. The van der Waals surface area contributed by atoms with Gasteiger partial charge in [-0.3, -0.25) is 24.6 Å². The van der Waals surface area contributed by atoms with Crippen molar-refractivity contribution in [2.45, 2.75) is 57.5 Å². The molecule has 2 aliphatic rings. The maximum Gasteiger partial charge on any atom is 0.246 e. The molecule has 3 amide bonds. The molecule has 2 fully saturated rings. The van der Waals surface area contributed by atoms with Crippen molar-refractivity contribution in [1.29, 1.82) is 5.41 Å². The van der Waals surface area contributed by atoms with Crippen molar-refractivity contribution in [3.05, 3.63) is 52.5 Å². The number of ketones is 1. The second kappa shape index (κ2) is 14.2. The van der Waals surface area contributed by atoms with Crippen LogP contribution in [0.3, 0.4) is 0 Å². The van der Waals surface area contributed by atoms with Gasteiger partial charge in [0.2, 0.25) is 23.5 Å². The first-order valence-electron chi connectivity index (χ1n) is 14.2. The lowest BCUT2D eigenvalue weighted by molar-refractivity contribution is -0.157. The van der Waals surface area contributed by atoms with Crippen LogP contribution in [0, 0.1) is 11.3 Å². The number of nitrogens with one attached hydrogen (secondary N) is 2. The van der Waals surface area contributed by atoms with E-state index in [4.69, 9.17) is 11.1 Å². The molecule has 0 saturated carbocycles. The number of piperazine rings is 1. The van der Waals surface area contributed by atoms with E-state index in [1.807, 2.05) is 37.3 Å². The number of carbonyl (C=O) groups excluding carboxylic acids is 4. The van der Waals surface area contributed by atoms with Crippen LogP contribution in [0.1, 0.15) is 54.4 Å². The van der Waals surface area contributed by atoms with Gasteiger partial charge in [-0.05, 0) is 37.2 Å². The number of rotatable bonds is 12. The highest BCUT2D eigenvalue weighted by atomic mass is 32.1. The van der Waals surface area contributed by atoms with Gasteiger partial charge in [0.05, 0.1) is 12.6 Å². The summed E-state index contributed by atoms with van der Waals surface area (Å²) in [5.74, 6) is -1.22. The largest absolute Gasteiger partial charge is 0.370 e. The van der Waals surface area contributed by atoms with Gasteiger partial charge in [0.15, 0.2) is 11.0 Å². The molecule has 0 aliphatic carbocycles. The number of carbonyl (C=O) groups is 4. The van der Waals surface area contributed by atoms with Crippen molar-refractivity contribution < 1.29 is 19.2 Å². The number of Topliss-reactive ketones (excluding diaryl/α,β-unsaturated/α-hetero) is 1. The lowest BCUT2D eigenvalue weighted by Gasteiger charge is -2.40. The third kappa shape index (κ3) is 7.90. The smallest absolute Gasteiger partial charge is 0.246 e. The minimum absolute atomic E-state index is 0.00717. The zero-order chi connectivity index (χ0) is 29.4. The van der Waals surface area contributed by atoms with Gasteiger partial charge in [-0.25, -0.2) is 4.98 Å². The molecule has 4 rings (SSSR count). The van der Waals surface area contributed by atoms with Crippen LogP contribution in [-0.2, 0) is 20.8 Å². The molecule has 1 aromatic heterocycles. The summed E-state index contributed by atoms with van der Waals surface area (Å²) in [5.41, 5.74) is 6.60. The number of amides is 3. The van der Waals surface area contributed by atoms with E-state index in [1.165, 1.54) is 16.2 Å². The van der Waals surface area contributed by atoms with Crippen LogP contribution in [0.15, 0.2) is 41.9 Å².